The van der Waals surface area contributed by atoms with Gasteiger partial charge in [-0.2, -0.15) is 0 Å². The van der Waals surface area contributed by atoms with Crippen molar-refractivity contribution in [3.05, 3.63) is 0 Å². The van der Waals surface area contributed by atoms with Crippen molar-refractivity contribution in [2.45, 2.75) is 6.92 Å². The van der Waals surface area contributed by atoms with Gasteiger partial charge in [-0.25, -0.2) is 4.79 Å². The molecule has 0 atom stereocenters. The summed E-state index contributed by atoms with van der Waals surface area (Å²) >= 11 is 0. The number of aliphatic hydroxyl groups excluding tert-OH is 2. The van der Waals surface area contributed by atoms with E-state index in [4.69, 9.17) is 30.3 Å². The number of aliphatic hydroxyl groups is 2. The van der Waals surface area contributed by atoms with Gasteiger partial charge in [-0.1, -0.05) is 0 Å². The van der Waals surface area contributed by atoms with Crippen molar-refractivity contribution in [2.75, 3.05) is 13.2 Å². The molecule has 0 unspecified atom stereocenters. The molecule has 0 aromatic heterocycles. The van der Waals surface area contributed by atoms with Gasteiger partial charge in [0.25, 0.3) is 0 Å². The molecule has 78 valence electrons. The van der Waals surface area contributed by atoms with Crippen LogP contribution in [0, 0.1) is 5.41 Å². The number of carboxylic acid groups (broad SMARTS) is 3. The Balaban J connectivity index is 0. The second kappa shape index (κ2) is 6.21. The van der Waals surface area contributed by atoms with Crippen LogP contribution in [0.3, 0.4) is 0 Å². The molecule has 0 heterocycles. The molecule has 7 nitrogen and oxygen atoms in total. The largest absolute Gasteiger partial charge is 0.503 e. The summed E-state index contributed by atoms with van der Waals surface area (Å²) in [6.45, 7) is 0.187. The monoisotopic (exact) mass is 196 g/mol. The highest BCUT2D eigenvalue weighted by atomic mass is 16.6. The first-order valence-electron chi connectivity index (χ1n) is 3.17. The fourth-order valence-corrected chi connectivity index (χ4v) is 0.185. The highest BCUT2D eigenvalue weighted by Crippen LogP contribution is 2.12. The van der Waals surface area contributed by atoms with Gasteiger partial charge in [-0.15, -0.1) is 0 Å². The maximum atomic E-state index is 10.2. The second-order valence-corrected chi connectivity index (χ2v) is 2.46. The molecule has 0 saturated carbocycles. The Bertz CT molecular complexity index is 168. The molecule has 0 rings (SSSR count). The molecule has 5 N–H and O–H groups in total. The first kappa shape index (κ1) is 14.2. The molecule has 7 heteroatoms. The lowest BCUT2D eigenvalue weighted by atomic mass is 9.94. The predicted molar refractivity (Wildman–Crippen MR) is 40.6 cm³/mol. The quantitative estimate of drug-likeness (QED) is 0.402. The zero-order chi connectivity index (χ0) is 11.1. The second-order valence-electron chi connectivity index (χ2n) is 2.46. The van der Waals surface area contributed by atoms with Crippen LogP contribution in [0.2, 0.25) is 0 Å². The van der Waals surface area contributed by atoms with E-state index in [-0.39, 0.29) is 0 Å². The van der Waals surface area contributed by atoms with Crippen LogP contribution in [0.1, 0.15) is 6.92 Å². The van der Waals surface area contributed by atoms with Crippen molar-refractivity contribution >= 4 is 12.1 Å². The van der Waals surface area contributed by atoms with Crippen LogP contribution in [0.25, 0.3) is 0 Å². The number of aliphatic carboxylic acids is 1. The zero-order valence-electron chi connectivity index (χ0n) is 6.97. The lowest BCUT2D eigenvalue weighted by Crippen LogP contribution is -2.35. The van der Waals surface area contributed by atoms with Gasteiger partial charge < -0.3 is 25.5 Å². The first-order chi connectivity index (χ1) is 5.80. The molecule has 0 aromatic carbocycles. The van der Waals surface area contributed by atoms with Crippen molar-refractivity contribution < 1.29 is 35.1 Å². The van der Waals surface area contributed by atoms with Crippen LogP contribution in [-0.2, 0) is 4.79 Å². The minimum absolute atomic E-state index is 0.543. The topological polar surface area (TPSA) is 135 Å². The standard InChI is InChI=1S/C5H10O4.CH2O3/c1-5(2-6,3-7)4(8)9;2-1(3)4/h6-7H,2-3H2,1H3,(H,8,9);(H2,2,3,4). The van der Waals surface area contributed by atoms with E-state index in [1.807, 2.05) is 0 Å². The summed E-state index contributed by atoms with van der Waals surface area (Å²) in [6, 6.07) is 0. The van der Waals surface area contributed by atoms with Gasteiger partial charge in [-0.05, 0) is 6.92 Å². The number of carboxylic acids is 1. The molecular formula is C6H12O7. The van der Waals surface area contributed by atoms with Gasteiger partial charge >= 0.3 is 12.1 Å². The molecule has 0 radical (unpaired) electrons. The Morgan fingerprint density at radius 2 is 1.31 bits per heavy atom. The molecule has 0 aliphatic heterocycles. The molecule has 13 heavy (non-hydrogen) atoms. The number of hydrogen-bond acceptors (Lipinski definition) is 4. The van der Waals surface area contributed by atoms with Gasteiger partial charge in [0.05, 0.1) is 13.2 Å². The van der Waals surface area contributed by atoms with E-state index < -0.39 is 30.8 Å². The molecule has 0 aromatic rings. The predicted octanol–water partition coefficient (Wildman–Crippen LogP) is -0.716. The molecule has 0 aliphatic carbocycles. The molecular weight excluding hydrogens is 184 g/mol. The average Bonchev–Trinajstić information content (AvgIpc) is 2.01. The van der Waals surface area contributed by atoms with Crippen molar-refractivity contribution in [2.24, 2.45) is 5.41 Å². The van der Waals surface area contributed by atoms with Crippen LogP contribution in [0.15, 0.2) is 0 Å². The maximum absolute atomic E-state index is 10.2. The third kappa shape index (κ3) is 7.04. The van der Waals surface area contributed by atoms with Crippen LogP contribution in [-0.4, -0.2) is 50.9 Å². The fraction of sp³-hybridized carbons (Fsp3) is 0.667. The zero-order valence-corrected chi connectivity index (χ0v) is 6.97. The van der Waals surface area contributed by atoms with Gasteiger partial charge in [0.2, 0.25) is 0 Å². The van der Waals surface area contributed by atoms with E-state index in [0.29, 0.717) is 0 Å². The summed E-state index contributed by atoms with van der Waals surface area (Å²) in [7, 11) is 0. The van der Waals surface area contributed by atoms with E-state index >= 15 is 0 Å². The minimum Gasteiger partial charge on any atom is -0.481 e. The van der Waals surface area contributed by atoms with E-state index in [1.165, 1.54) is 6.92 Å². The fourth-order valence-electron chi connectivity index (χ4n) is 0.185. The van der Waals surface area contributed by atoms with E-state index in [0.717, 1.165) is 0 Å². The van der Waals surface area contributed by atoms with E-state index in [2.05, 4.69) is 0 Å². The van der Waals surface area contributed by atoms with Gasteiger partial charge in [0, 0.05) is 0 Å². The van der Waals surface area contributed by atoms with E-state index in [1.54, 1.807) is 0 Å². The van der Waals surface area contributed by atoms with Gasteiger partial charge in [0.15, 0.2) is 0 Å². The number of hydrogen-bond donors (Lipinski definition) is 5. The Kier molecular flexibility index (Phi) is 6.78. The highest BCUT2D eigenvalue weighted by molar-refractivity contribution is 5.74. The van der Waals surface area contributed by atoms with Crippen molar-refractivity contribution in [1.82, 2.24) is 0 Å². The maximum Gasteiger partial charge on any atom is 0.503 e. The van der Waals surface area contributed by atoms with Crippen LogP contribution < -0.4 is 0 Å². The number of carbonyl (C=O) groups is 2. The van der Waals surface area contributed by atoms with Gasteiger partial charge in [0.1, 0.15) is 5.41 Å². The van der Waals surface area contributed by atoms with E-state index in [9.17, 15) is 4.79 Å². The first-order valence-corrected chi connectivity index (χ1v) is 3.17. The Morgan fingerprint density at radius 1 is 1.08 bits per heavy atom. The van der Waals surface area contributed by atoms with Crippen LogP contribution >= 0.6 is 0 Å². The Labute approximate surface area is 73.9 Å². The molecule has 0 aliphatic rings. The summed E-state index contributed by atoms with van der Waals surface area (Å²) in [4.78, 5) is 18.7. The van der Waals surface area contributed by atoms with Crippen LogP contribution in [0.4, 0.5) is 4.79 Å². The number of rotatable bonds is 3. The molecule has 0 saturated heterocycles. The molecule has 0 bridgehead atoms. The summed E-state index contributed by atoms with van der Waals surface area (Å²) in [5.74, 6) is -1.19. The Morgan fingerprint density at radius 3 is 1.31 bits per heavy atom. The Hall–Kier alpha value is -1.34. The summed E-state index contributed by atoms with van der Waals surface area (Å²) in [6.07, 6.45) is -1.83. The summed E-state index contributed by atoms with van der Waals surface area (Å²) in [5, 5.41) is 39.1. The molecule has 0 spiro atoms. The normalized spacial score (nSPS) is 9.77. The SMILES string of the molecule is CC(CO)(CO)C(=O)O.O=C(O)O. The van der Waals surface area contributed by atoms with Gasteiger partial charge in [-0.3, -0.25) is 4.79 Å². The molecule has 0 amide bonds. The third-order valence-electron chi connectivity index (χ3n) is 1.21. The van der Waals surface area contributed by atoms with Crippen molar-refractivity contribution in [3.8, 4) is 0 Å². The summed E-state index contributed by atoms with van der Waals surface area (Å²) < 4.78 is 0. The smallest absolute Gasteiger partial charge is 0.481 e. The lowest BCUT2D eigenvalue weighted by molar-refractivity contribution is -0.152. The third-order valence-corrected chi connectivity index (χ3v) is 1.21. The highest BCUT2D eigenvalue weighted by Gasteiger charge is 2.31. The van der Waals surface area contributed by atoms with Crippen molar-refractivity contribution in [1.29, 1.82) is 0 Å². The van der Waals surface area contributed by atoms with Crippen molar-refractivity contribution in [3.63, 3.8) is 0 Å². The average molecular weight is 196 g/mol. The summed E-state index contributed by atoms with van der Waals surface area (Å²) in [5.41, 5.74) is -1.39. The van der Waals surface area contributed by atoms with Crippen LogP contribution in [0.5, 0.6) is 0 Å². The lowest BCUT2D eigenvalue weighted by Gasteiger charge is -2.17. The minimum atomic E-state index is -1.83. The molecule has 0 fully saturated rings.